The molecule has 1 unspecified atom stereocenters. The van der Waals surface area contributed by atoms with Gasteiger partial charge in [-0.25, -0.2) is 0 Å². The fourth-order valence-electron chi connectivity index (χ4n) is 1.92. The van der Waals surface area contributed by atoms with E-state index in [2.05, 4.69) is 12.1 Å². The number of benzene rings is 1. The topological polar surface area (TPSA) is 0 Å². The smallest absolute Gasteiger partial charge is 0.0931 e. The Labute approximate surface area is 126 Å². The van der Waals surface area contributed by atoms with Crippen LogP contribution in [0.2, 0.25) is 9.36 Å². The summed E-state index contributed by atoms with van der Waals surface area (Å²) in [6.07, 6.45) is 1.91. The second kappa shape index (κ2) is 6.81. The lowest BCUT2D eigenvalue weighted by atomic mass is 9.97. The maximum absolute atomic E-state index is 6.05. The fraction of sp³-hybridized carbons (Fsp3) is 0.286. The summed E-state index contributed by atoms with van der Waals surface area (Å²) in [5, 5.41) is 0.778. The number of thiophene rings is 1. The molecule has 0 aliphatic rings. The van der Waals surface area contributed by atoms with Gasteiger partial charge in [0.1, 0.15) is 0 Å². The molecule has 0 radical (unpaired) electrons. The van der Waals surface area contributed by atoms with E-state index in [1.54, 1.807) is 11.3 Å². The first-order chi connectivity index (χ1) is 8.67. The van der Waals surface area contributed by atoms with Crippen molar-refractivity contribution in [1.82, 2.24) is 0 Å². The summed E-state index contributed by atoms with van der Waals surface area (Å²) in [7, 11) is 0. The highest BCUT2D eigenvalue weighted by Gasteiger charge is 2.11. The van der Waals surface area contributed by atoms with Gasteiger partial charge in [0.05, 0.1) is 4.34 Å². The van der Waals surface area contributed by atoms with Gasteiger partial charge in [0.25, 0.3) is 0 Å². The zero-order valence-electron chi connectivity index (χ0n) is 9.70. The van der Waals surface area contributed by atoms with Gasteiger partial charge in [-0.3, -0.25) is 0 Å². The molecule has 0 spiro atoms. The van der Waals surface area contributed by atoms with Crippen molar-refractivity contribution in [3.63, 3.8) is 0 Å². The Morgan fingerprint density at radius 2 is 1.89 bits per heavy atom. The van der Waals surface area contributed by atoms with Gasteiger partial charge in [0.2, 0.25) is 0 Å². The van der Waals surface area contributed by atoms with Crippen molar-refractivity contribution >= 4 is 46.1 Å². The number of halogens is 3. The van der Waals surface area contributed by atoms with Crippen LogP contribution in [0.3, 0.4) is 0 Å². The van der Waals surface area contributed by atoms with Gasteiger partial charge >= 0.3 is 0 Å². The zero-order valence-corrected chi connectivity index (χ0v) is 12.8. The summed E-state index contributed by atoms with van der Waals surface area (Å²) < 4.78 is 0.834. The summed E-state index contributed by atoms with van der Waals surface area (Å²) in [6, 6.07) is 12.0. The molecule has 0 N–H and O–H groups in total. The molecule has 2 aromatic rings. The van der Waals surface area contributed by atoms with Crippen LogP contribution in [0.1, 0.15) is 10.4 Å². The molecule has 0 saturated carbocycles. The molecule has 0 bridgehead atoms. The van der Waals surface area contributed by atoms with E-state index in [0.717, 1.165) is 22.2 Å². The molecule has 4 heteroatoms. The highest BCUT2D eigenvalue weighted by Crippen LogP contribution is 2.26. The Hall–Kier alpha value is -0.210. The molecule has 0 saturated heterocycles. The van der Waals surface area contributed by atoms with Gasteiger partial charge < -0.3 is 0 Å². The predicted molar refractivity (Wildman–Crippen MR) is 82.4 cm³/mol. The van der Waals surface area contributed by atoms with E-state index in [9.17, 15) is 0 Å². The molecule has 0 amide bonds. The summed E-state index contributed by atoms with van der Waals surface area (Å²) in [4.78, 5) is 1.28. The highest BCUT2D eigenvalue weighted by atomic mass is 35.5. The normalized spacial score (nSPS) is 12.6. The maximum Gasteiger partial charge on any atom is 0.0931 e. The maximum atomic E-state index is 6.05. The van der Waals surface area contributed by atoms with Crippen LogP contribution in [0.25, 0.3) is 0 Å². The van der Waals surface area contributed by atoms with Crippen molar-refractivity contribution in [3.8, 4) is 0 Å². The third kappa shape index (κ3) is 4.17. The first-order valence-corrected chi connectivity index (χ1v) is 7.82. The molecule has 0 aliphatic carbocycles. The Balaban J connectivity index is 2.01. The van der Waals surface area contributed by atoms with Gasteiger partial charge in [0, 0.05) is 15.8 Å². The molecular weight excluding hydrogens is 307 g/mol. The molecule has 1 aromatic carbocycles. The second-order valence-electron chi connectivity index (χ2n) is 4.26. The molecule has 0 nitrogen and oxygen atoms in total. The molecule has 1 aromatic heterocycles. The lowest BCUT2D eigenvalue weighted by Crippen LogP contribution is -2.09. The largest absolute Gasteiger partial charge is 0.128 e. The van der Waals surface area contributed by atoms with E-state index >= 15 is 0 Å². The molecule has 0 fully saturated rings. The molecule has 96 valence electrons. The van der Waals surface area contributed by atoms with Crippen LogP contribution in [0.15, 0.2) is 36.4 Å². The highest BCUT2D eigenvalue weighted by molar-refractivity contribution is 7.16. The van der Waals surface area contributed by atoms with Crippen LogP contribution in [0.5, 0.6) is 0 Å². The third-order valence-electron chi connectivity index (χ3n) is 2.75. The summed E-state index contributed by atoms with van der Waals surface area (Å²) >= 11 is 19.6. The van der Waals surface area contributed by atoms with Gasteiger partial charge in [-0.2, -0.15) is 0 Å². The van der Waals surface area contributed by atoms with Gasteiger partial charge in [-0.05, 0) is 48.6 Å². The third-order valence-corrected chi connectivity index (χ3v) is 4.68. The summed E-state index contributed by atoms with van der Waals surface area (Å²) in [5.41, 5.74) is 1.23. The van der Waals surface area contributed by atoms with E-state index in [1.807, 2.05) is 24.3 Å². The van der Waals surface area contributed by atoms with Crippen LogP contribution in [0, 0.1) is 5.92 Å². The molecule has 1 heterocycles. The first-order valence-electron chi connectivity index (χ1n) is 5.72. The minimum atomic E-state index is 0.417. The lowest BCUT2D eigenvalue weighted by Gasteiger charge is -2.13. The molecule has 18 heavy (non-hydrogen) atoms. The molecule has 1 atom stereocenters. The van der Waals surface area contributed by atoms with E-state index in [0.29, 0.717) is 11.8 Å². The van der Waals surface area contributed by atoms with Gasteiger partial charge in [0.15, 0.2) is 0 Å². The molecule has 0 aliphatic heterocycles. The average Bonchev–Trinajstić information content (AvgIpc) is 2.74. The Morgan fingerprint density at radius 1 is 1.06 bits per heavy atom. The number of hydrogen-bond acceptors (Lipinski definition) is 1. The summed E-state index contributed by atoms with van der Waals surface area (Å²) in [5.74, 6) is 1.06. The predicted octanol–water partition coefficient (Wildman–Crippen LogP) is 5.70. The monoisotopic (exact) mass is 318 g/mol. The Morgan fingerprint density at radius 3 is 2.50 bits per heavy atom. The quantitative estimate of drug-likeness (QED) is 0.621. The van der Waals surface area contributed by atoms with Crippen LogP contribution in [0.4, 0.5) is 0 Å². The van der Waals surface area contributed by atoms with Crippen LogP contribution in [-0.4, -0.2) is 5.88 Å². The van der Waals surface area contributed by atoms with Crippen molar-refractivity contribution < 1.29 is 0 Å². The van der Waals surface area contributed by atoms with Crippen molar-refractivity contribution in [2.75, 3.05) is 5.88 Å². The molecule has 2 rings (SSSR count). The van der Waals surface area contributed by atoms with Crippen LogP contribution >= 0.6 is 46.1 Å². The van der Waals surface area contributed by atoms with Crippen LogP contribution < -0.4 is 0 Å². The minimum absolute atomic E-state index is 0.417. The van der Waals surface area contributed by atoms with E-state index in [4.69, 9.17) is 34.8 Å². The SMILES string of the molecule is ClCC(Cc1cccc(Cl)c1)Cc1ccc(Cl)s1. The van der Waals surface area contributed by atoms with Gasteiger partial charge in [-0.15, -0.1) is 22.9 Å². The van der Waals surface area contributed by atoms with E-state index in [1.165, 1.54) is 10.4 Å². The van der Waals surface area contributed by atoms with E-state index in [-0.39, 0.29) is 0 Å². The molecular formula is C14H13Cl3S. The van der Waals surface area contributed by atoms with Crippen LogP contribution in [-0.2, 0) is 12.8 Å². The Bertz CT molecular complexity index is 507. The summed E-state index contributed by atoms with van der Waals surface area (Å²) in [6.45, 7) is 0. The fourth-order valence-corrected chi connectivity index (χ4v) is 3.56. The lowest BCUT2D eigenvalue weighted by molar-refractivity contribution is 0.589. The number of rotatable bonds is 5. The van der Waals surface area contributed by atoms with Crippen molar-refractivity contribution in [2.24, 2.45) is 5.92 Å². The zero-order chi connectivity index (χ0) is 13.0. The minimum Gasteiger partial charge on any atom is -0.128 e. The van der Waals surface area contributed by atoms with Crippen molar-refractivity contribution in [3.05, 3.63) is 56.2 Å². The van der Waals surface area contributed by atoms with Crippen molar-refractivity contribution in [1.29, 1.82) is 0 Å². The number of hydrogen-bond donors (Lipinski definition) is 0. The van der Waals surface area contributed by atoms with E-state index < -0.39 is 0 Å². The van der Waals surface area contributed by atoms with Gasteiger partial charge in [-0.1, -0.05) is 35.3 Å². The number of alkyl halides is 1. The second-order valence-corrected chi connectivity index (χ2v) is 6.81. The standard InChI is InChI=1S/C14H13Cl3S/c15-9-11(8-13-4-5-14(17)18-13)6-10-2-1-3-12(16)7-10/h1-5,7,11H,6,8-9H2. The van der Waals surface area contributed by atoms with Crippen molar-refractivity contribution in [2.45, 2.75) is 12.8 Å². The average molecular weight is 320 g/mol. The Kier molecular flexibility index (Phi) is 5.38. The first kappa shape index (κ1) is 14.2.